The number of rotatable bonds is 5. The van der Waals surface area contributed by atoms with Crippen LogP contribution in [-0.4, -0.2) is 0 Å². The van der Waals surface area contributed by atoms with Crippen molar-refractivity contribution in [1.29, 1.82) is 0 Å². The molecule has 260 valence electrons. The van der Waals surface area contributed by atoms with Gasteiger partial charge in [0.15, 0.2) is 0 Å². The SMILES string of the molecule is CC1(C)c2ccccc2-c2cc(N(c3ccc(-c4ccc5c(ccc6sc7ccccc7c65)c4)cc3)c3ccc(-c4cccc5ccccc45)cc3)ccc21. The molecule has 1 aliphatic rings. The molecule has 0 radical (unpaired) electrons. The van der Waals surface area contributed by atoms with Crippen LogP contribution in [-0.2, 0) is 5.41 Å². The minimum Gasteiger partial charge on any atom is -0.310 e. The molecule has 0 spiro atoms. The third-order valence-corrected chi connectivity index (χ3v) is 13.0. The van der Waals surface area contributed by atoms with Crippen LogP contribution in [0.5, 0.6) is 0 Å². The van der Waals surface area contributed by atoms with E-state index in [9.17, 15) is 0 Å². The number of hydrogen-bond acceptors (Lipinski definition) is 2. The maximum absolute atomic E-state index is 2.41. The molecule has 1 aliphatic carbocycles. The van der Waals surface area contributed by atoms with Crippen molar-refractivity contribution < 1.29 is 0 Å². The molecule has 0 N–H and O–H groups in total. The second kappa shape index (κ2) is 12.3. The van der Waals surface area contributed by atoms with Crippen molar-refractivity contribution in [3.05, 3.63) is 199 Å². The van der Waals surface area contributed by atoms with E-state index in [0.717, 1.165) is 17.1 Å². The van der Waals surface area contributed by atoms with Crippen molar-refractivity contribution in [2.75, 3.05) is 4.90 Å². The lowest BCUT2D eigenvalue weighted by Crippen LogP contribution is -2.15. The molecule has 1 heterocycles. The largest absolute Gasteiger partial charge is 0.310 e. The van der Waals surface area contributed by atoms with Crippen LogP contribution >= 0.6 is 11.3 Å². The lowest BCUT2D eigenvalue weighted by molar-refractivity contribution is 0.660. The second-order valence-corrected chi connectivity index (χ2v) is 16.4. The van der Waals surface area contributed by atoms with Crippen molar-refractivity contribution in [3.63, 3.8) is 0 Å². The Labute approximate surface area is 325 Å². The van der Waals surface area contributed by atoms with Gasteiger partial charge in [-0.15, -0.1) is 11.3 Å². The van der Waals surface area contributed by atoms with Gasteiger partial charge in [0.2, 0.25) is 0 Å². The minimum atomic E-state index is -0.0425. The number of thiophene rings is 1. The molecule has 2 heteroatoms. The van der Waals surface area contributed by atoms with E-state index in [1.54, 1.807) is 0 Å². The Morgan fingerprint density at radius 1 is 0.382 bits per heavy atom. The lowest BCUT2D eigenvalue weighted by Gasteiger charge is -2.27. The van der Waals surface area contributed by atoms with E-state index in [2.05, 4.69) is 207 Å². The average molecular weight is 720 g/mol. The molecule has 0 atom stereocenters. The Balaban J connectivity index is 1.01. The van der Waals surface area contributed by atoms with Crippen LogP contribution in [0.25, 0.3) is 75.1 Å². The van der Waals surface area contributed by atoms with Gasteiger partial charge in [0.05, 0.1) is 0 Å². The molecule has 0 fully saturated rings. The summed E-state index contributed by atoms with van der Waals surface area (Å²) in [7, 11) is 0. The summed E-state index contributed by atoms with van der Waals surface area (Å²) < 4.78 is 2.68. The predicted octanol–water partition coefficient (Wildman–Crippen LogP) is 15.5. The highest BCUT2D eigenvalue weighted by Gasteiger charge is 2.35. The first-order chi connectivity index (χ1) is 27.0. The minimum absolute atomic E-state index is 0.0425. The zero-order valence-corrected chi connectivity index (χ0v) is 31.6. The van der Waals surface area contributed by atoms with Crippen LogP contribution in [0.4, 0.5) is 17.1 Å². The molecule has 0 aliphatic heterocycles. The normalized spacial score (nSPS) is 13.1. The number of fused-ring (bicyclic) bond motifs is 9. The fourth-order valence-electron chi connectivity index (χ4n) is 9.10. The van der Waals surface area contributed by atoms with Crippen molar-refractivity contribution in [2.24, 2.45) is 0 Å². The molecule has 0 unspecified atom stereocenters. The van der Waals surface area contributed by atoms with Crippen LogP contribution < -0.4 is 4.90 Å². The topological polar surface area (TPSA) is 3.24 Å². The Morgan fingerprint density at radius 3 is 1.85 bits per heavy atom. The van der Waals surface area contributed by atoms with Gasteiger partial charge in [-0.1, -0.05) is 147 Å². The summed E-state index contributed by atoms with van der Waals surface area (Å²) in [5, 5.41) is 7.82. The summed E-state index contributed by atoms with van der Waals surface area (Å²) in [6.07, 6.45) is 0. The van der Waals surface area contributed by atoms with Crippen LogP contribution in [0.15, 0.2) is 188 Å². The summed E-state index contributed by atoms with van der Waals surface area (Å²) in [6.45, 7) is 4.69. The number of anilines is 3. The lowest BCUT2D eigenvalue weighted by atomic mass is 9.82. The predicted molar refractivity (Wildman–Crippen MR) is 237 cm³/mol. The van der Waals surface area contributed by atoms with Crippen LogP contribution in [0.3, 0.4) is 0 Å². The molecule has 11 rings (SSSR count). The van der Waals surface area contributed by atoms with Gasteiger partial charge in [-0.05, 0) is 121 Å². The van der Waals surface area contributed by atoms with Crippen molar-refractivity contribution >= 4 is 70.1 Å². The van der Waals surface area contributed by atoms with Gasteiger partial charge in [0, 0.05) is 42.6 Å². The molecule has 1 nitrogen and oxygen atoms in total. The van der Waals surface area contributed by atoms with E-state index in [-0.39, 0.29) is 5.41 Å². The van der Waals surface area contributed by atoms with Gasteiger partial charge in [0.25, 0.3) is 0 Å². The Kier molecular flexibility index (Phi) is 7.14. The Hall–Kier alpha value is -6.48. The molecular formula is C53H37NS. The summed E-state index contributed by atoms with van der Waals surface area (Å²) in [6, 6.07) is 69.6. The van der Waals surface area contributed by atoms with Crippen molar-refractivity contribution in [1.82, 2.24) is 0 Å². The highest BCUT2D eigenvalue weighted by molar-refractivity contribution is 7.26. The molecule has 1 aromatic heterocycles. The first-order valence-corrected chi connectivity index (χ1v) is 19.9. The second-order valence-electron chi connectivity index (χ2n) is 15.3. The van der Waals surface area contributed by atoms with Crippen LogP contribution in [0.2, 0.25) is 0 Å². The summed E-state index contributed by atoms with van der Waals surface area (Å²) in [5.41, 5.74) is 13.7. The number of benzene rings is 9. The molecule has 0 saturated carbocycles. The zero-order chi connectivity index (χ0) is 36.7. The van der Waals surface area contributed by atoms with Gasteiger partial charge in [-0.2, -0.15) is 0 Å². The first kappa shape index (κ1) is 32.0. The third-order valence-electron chi connectivity index (χ3n) is 11.9. The fourth-order valence-corrected chi connectivity index (χ4v) is 10.2. The molecule has 10 aromatic rings. The fraction of sp³-hybridized carbons (Fsp3) is 0.0566. The summed E-state index contributed by atoms with van der Waals surface area (Å²) in [5.74, 6) is 0. The number of hydrogen-bond donors (Lipinski definition) is 0. The van der Waals surface area contributed by atoms with Gasteiger partial charge < -0.3 is 4.90 Å². The maximum Gasteiger partial charge on any atom is 0.0468 e. The Bertz CT molecular complexity index is 3110. The average Bonchev–Trinajstić information content (AvgIpc) is 3.73. The highest BCUT2D eigenvalue weighted by atomic mass is 32.1. The van der Waals surface area contributed by atoms with Crippen LogP contribution in [0, 0.1) is 0 Å². The molecule has 0 bridgehead atoms. The summed E-state index contributed by atoms with van der Waals surface area (Å²) in [4.78, 5) is 2.41. The van der Waals surface area contributed by atoms with Gasteiger partial charge in [0.1, 0.15) is 0 Å². The first-order valence-electron chi connectivity index (χ1n) is 19.1. The smallest absolute Gasteiger partial charge is 0.0468 e. The Morgan fingerprint density at radius 2 is 1.02 bits per heavy atom. The number of nitrogens with zero attached hydrogens (tertiary/aromatic N) is 1. The zero-order valence-electron chi connectivity index (χ0n) is 30.8. The van der Waals surface area contributed by atoms with Crippen molar-refractivity contribution in [3.8, 4) is 33.4 Å². The molecule has 0 amide bonds. The van der Waals surface area contributed by atoms with Gasteiger partial charge >= 0.3 is 0 Å². The van der Waals surface area contributed by atoms with Gasteiger partial charge in [-0.3, -0.25) is 0 Å². The maximum atomic E-state index is 2.41. The van der Waals surface area contributed by atoms with Gasteiger partial charge in [-0.25, -0.2) is 0 Å². The summed E-state index contributed by atoms with van der Waals surface area (Å²) >= 11 is 1.88. The van der Waals surface area contributed by atoms with E-state index >= 15 is 0 Å². The molecule has 9 aromatic carbocycles. The van der Waals surface area contributed by atoms with E-state index in [0.29, 0.717) is 0 Å². The molecular weight excluding hydrogens is 683 g/mol. The molecule has 0 saturated heterocycles. The van der Waals surface area contributed by atoms with E-state index < -0.39 is 0 Å². The third kappa shape index (κ3) is 5.06. The van der Waals surface area contributed by atoms with E-state index in [1.165, 1.54) is 86.2 Å². The monoisotopic (exact) mass is 719 g/mol. The van der Waals surface area contributed by atoms with E-state index in [1.807, 2.05) is 11.3 Å². The van der Waals surface area contributed by atoms with Crippen molar-refractivity contribution in [2.45, 2.75) is 19.3 Å². The molecule has 55 heavy (non-hydrogen) atoms. The standard InChI is InChI=1S/C53H37NS/c1-53(2)48-16-7-5-13-45(48)47-33-41(28-30-49(47)53)54(40-26-20-36(21-27-40)43-15-9-11-35-10-3-4-12-42(35)43)39-24-18-34(19-25-39)37-22-29-44-38(32-37)23-31-51-52(44)46-14-6-8-17-50(46)55-51/h3-33H,1-2H3. The van der Waals surface area contributed by atoms with Crippen LogP contribution in [0.1, 0.15) is 25.0 Å². The quantitative estimate of drug-likeness (QED) is 0.171. The van der Waals surface area contributed by atoms with E-state index in [4.69, 9.17) is 0 Å². The highest BCUT2D eigenvalue weighted by Crippen LogP contribution is 2.51.